The molecule has 0 spiro atoms. The first-order valence-electron chi connectivity index (χ1n) is 3.85. The number of aromatic nitrogens is 1. The van der Waals surface area contributed by atoms with Crippen LogP contribution in [0.5, 0.6) is 0 Å². The Morgan fingerprint density at radius 2 is 2.00 bits per heavy atom. The van der Waals surface area contributed by atoms with Crippen molar-refractivity contribution < 1.29 is 14.7 Å². The molecule has 0 aliphatic rings. The molecular formula is C9H8ClNO3. The Kier molecular flexibility index (Phi) is 2.86. The fraction of sp³-hybridized carbons (Fsp3) is 0.222. The number of carbonyl (C=O) groups is 2. The molecule has 0 fully saturated rings. The zero-order valence-corrected chi connectivity index (χ0v) is 8.42. The van der Waals surface area contributed by atoms with Gasteiger partial charge in [0.05, 0.1) is 5.56 Å². The number of rotatable bonds is 2. The number of pyridine rings is 1. The molecule has 74 valence electrons. The van der Waals surface area contributed by atoms with Crippen molar-refractivity contribution in [2.24, 2.45) is 0 Å². The number of hydrogen-bond acceptors (Lipinski definition) is 3. The van der Waals surface area contributed by atoms with E-state index < -0.39 is 5.97 Å². The van der Waals surface area contributed by atoms with Gasteiger partial charge in [0.15, 0.2) is 5.78 Å². The summed E-state index contributed by atoms with van der Waals surface area (Å²) in [4.78, 5) is 25.5. The van der Waals surface area contributed by atoms with Crippen molar-refractivity contribution in [3.05, 3.63) is 28.0 Å². The van der Waals surface area contributed by atoms with Crippen molar-refractivity contribution in [3.8, 4) is 0 Å². The molecule has 1 heterocycles. The van der Waals surface area contributed by atoms with Crippen molar-refractivity contribution in [2.75, 3.05) is 0 Å². The molecule has 0 saturated heterocycles. The smallest absolute Gasteiger partial charge is 0.338 e. The second-order valence-electron chi connectivity index (χ2n) is 2.82. The maximum Gasteiger partial charge on any atom is 0.338 e. The summed E-state index contributed by atoms with van der Waals surface area (Å²) in [5.41, 5.74) is 0.571. The number of carboxylic acid groups (broad SMARTS) is 1. The fourth-order valence-corrected chi connectivity index (χ4v) is 1.34. The number of carbonyl (C=O) groups excluding carboxylic acids is 1. The van der Waals surface area contributed by atoms with E-state index >= 15 is 0 Å². The predicted octanol–water partition coefficient (Wildman–Crippen LogP) is 1.94. The van der Waals surface area contributed by atoms with Gasteiger partial charge in [0.2, 0.25) is 0 Å². The molecule has 1 N–H and O–H groups in total. The third-order valence-electron chi connectivity index (χ3n) is 1.78. The SMILES string of the molecule is CC(=O)c1cc(C(=O)O)c(Cl)nc1C. The molecule has 0 unspecified atom stereocenters. The third-order valence-corrected chi connectivity index (χ3v) is 2.06. The summed E-state index contributed by atoms with van der Waals surface area (Å²) in [5, 5.41) is 8.63. The van der Waals surface area contributed by atoms with E-state index in [1.54, 1.807) is 6.92 Å². The number of Topliss-reactive ketones (excluding diaryl/α,β-unsaturated/α-hetero) is 1. The third kappa shape index (κ3) is 1.90. The van der Waals surface area contributed by atoms with Gasteiger partial charge in [-0.25, -0.2) is 9.78 Å². The van der Waals surface area contributed by atoms with Crippen LogP contribution in [-0.4, -0.2) is 21.8 Å². The van der Waals surface area contributed by atoms with Gasteiger partial charge >= 0.3 is 5.97 Å². The van der Waals surface area contributed by atoms with Crippen LogP contribution >= 0.6 is 11.6 Å². The molecule has 0 atom stereocenters. The largest absolute Gasteiger partial charge is 0.478 e. The van der Waals surface area contributed by atoms with Crippen LogP contribution < -0.4 is 0 Å². The molecule has 0 aromatic carbocycles. The molecule has 0 saturated carbocycles. The highest BCUT2D eigenvalue weighted by Gasteiger charge is 2.15. The molecule has 1 aromatic rings. The highest BCUT2D eigenvalue weighted by atomic mass is 35.5. The molecule has 5 heteroatoms. The number of ketones is 1. The van der Waals surface area contributed by atoms with Gasteiger partial charge < -0.3 is 5.11 Å². The topological polar surface area (TPSA) is 67.3 Å². The van der Waals surface area contributed by atoms with E-state index in [0.717, 1.165) is 0 Å². The Balaban J connectivity index is 3.42. The number of hydrogen-bond donors (Lipinski definition) is 1. The number of carboxylic acids is 1. The first-order chi connectivity index (χ1) is 6.43. The van der Waals surface area contributed by atoms with Gasteiger partial charge in [0, 0.05) is 11.3 Å². The molecule has 14 heavy (non-hydrogen) atoms. The van der Waals surface area contributed by atoms with Gasteiger partial charge in [-0.15, -0.1) is 0 Å². The minimum atomic E-state index is -1.19. The minimum absolute atomic E-state index is 0.0972. The summed E-state index contributed by atoms with van der Waals surface area (Å²) in [5.74, 6) is -1.42. The van der Waals surface area contributed by atoms with Crippen LogP contribution in [0.3, 0.4) is 0 Å². The standard InChI is InChI=1S/C9H8ClNO3/c1-4-6(5(2)12)3-7(9(13)14)8(10)11-4/h3H,1-2H3,(H,13,14). The lowest BCUT2D eigenvalue weighted by Crippen LogP contribution is -2.06. The Bertz CT molecular complexity index is 380. The lowest BCUT2D eigenvalue weighted by molar-refractivity contribution is 0.0696. The second kappa shape index (κ2) is 3.75. The Morgan fingerprint density at radius 1 is 1.43 bits per heavy atom. The van der Waals surface area contributed by atoms with Gasteiger partial charge in [-0.05, 0) is 19.9 Å². The van der Waals surface area contributed by atoms with Crippen LogP contribution in [0.15, 0.2) is 6.07 Å². The normalized spacial score (nSPS) is 9.93. The number of aromatic carboxylic acids is 1. The molecule has 4 nitrogen and oxygen atoms in total. The van der Waals surface area contributed by atoms with Crippen molar-refractivity contribution in [1.29, 1.82) is 0 Å². The first-order valence-corrected chi connectivity index (χ1v) is 4.22. The summed E-state index contributed by atoms with van der Waals surface area (Å²) in [7, 11) is 0. The molecule has 0 aliphatic heterocycles. The van der Waals surface area contributed by atoms with Crippen molar-refractivity contribution in [3.63, 3.8) is 0 Å². The lowest BCUT2D eigenvalue weighted by atomic mass is 10.1. The summed E-state index contributed by atoms with van der Waals surface area (Å²) in [6, 6.07) is 1.25. The van der Waals surface area contributed by atoms with Gasteiger partial charge in [-0.2, -0.15) is 0 Å². The molecule has 1 rings (SSSR count). The van der Waals surface area contributed by atoms with E-state index in [9.17, 15) is 9.59 Å². The second-order valence-corrected chi connectivity index (χ2v) is 3.18. The predicted molar refractivity (Wildman–Crippen MR) is 50.9 cm³/mol. The highest BCUT2D eigenvalue weighted by Crippen LogP contribution is 2.17. The maximum absolute atomic E-state index is 11.1. The van der Waals surface area contributed by atoms with E-state index in [4.69, 9.17) is 16.7 Å². The summed E-state index contributed by atoms with van der Waals surface area (Å²) >= 11 is 5.60. The Morgan fingerprint density at radius 3 is 2.43 bits per heavy atom. The van der Waals surface area contributed by atoms with Gasteiger partial charge in [-0.3, -0.25) is 4.79 Å². The molecular weight excluding hydrogens is 206 g/mol. The fourth-order valence-electron chi connectivity index (χ4n) is 1.08. The number of halogens is 1. The van der Waals surface area contributed by atoms with Crippen LogP contribution in [0, 0.1) is 6.92 Å². The molecule has 1 aromatic heterocycles. The van der Waals surface area contributed by atoms with Crippen LogP contribution in [0.1, 0.15) is 33.3 Å². The van der Waals surface area contributed by atoms with Gasteiger partial charge in [0.25, 0.3) is 0 Å². The van der Waals surface area contributed by atoms with Gasteiger partial charge in [-0.1, -0.05) is 11.6 Å². The molecule has 0 bridgehead atoms. The maximum atomic E-state index is 11.1. The zero-order valence-electron chi connectivity index (χ0n) is 7.67. The Hall–Kier alpha value is -1.42. The molecule has 0 amide bonds. The first kappa shape index (κ1) is 10.7. The summed E-state index contributed by atoms with van der Waals surface area (Å²) < 4.78 is 0. The van der Waals surface area contributed by atoms with E-state index in [1.807, 2.05) is 0 Å². The van der Waals surface area contributed by atoms with Gasteiger partial charge in [0.1, 0.15) is 5.15 Å². The van der Waals surface area contributed by atoms with Crippen LogP contribution in [0.25, 0.3) is 0 Å². The monoisotopic (exact) mass is 213 g/mol. The van der Waals surface area contributed by atoms with Crippen molar-refractivity contribution in [1.82, 2.24) is 4.98 Å². The van der Waals surface area contributed by atoms with E-state index in [2.05, 4.69) is 4.98 Å². The highest BCUT2D eigenvalue weighted by molar-refractivity contribution is 6.32. The van der Waals surface area contributed by atoms with E-state index in [1.165, 1.54) is 13.0 Å². The van der Waals surface area contributed by atoms with E-state index in [0.29, 0.717) is 5.69 Å². The minimum Gasteiger partial charge on any atom is -0.478 e. The van der Waals surface area contributed by atoms with Crippen LogP contribution in [0.4, 0.5) is 0 Å². The van der Waals surface area contributed by atoms with Crippen molar-refractivity contribution >= 4 is 23.4 Å². The molecule has 0 radical (unpaired) electrons. The van der Waals surface area contributed by atoms with Crippen LogP contribution in [0.2, 0.25) is 5.15 Å². The quantitative estimate of drug-likeness (QED) is 0.602. The number of nitrogens with zero attached hydrogens (tertiary/aromatic N) is 1. The Labute approximate surface area is 85.5 Å². The summed E-state index contributed by atoms with van der Waals surface area (Å²) in [6.45, 7) is 2.96. The average molecular weight is 214 g/mol. The molecule has 0 aliphatic carbocycles. The zero-order chi connectivity index (χ0) is 10.9. The van der Waals surface area contributed by atoms with E-state index in [-0.39, 0.29) is 22.1 Å². The van der Waals surface area contributed by atoms with Crippen molar-refractivity contribution in [2.45, 2.75) is 13.8 Å². The average Bonchev–Trinajstić information content (AvgIpc) is 2.02. The lowest BCUT2D eigenvalue weighted by Gasteiger charge is -2.04. The number of aryl methyl sites for hydroxylation is 1. The summed E-state index contributed by atoms with van der Waals surface area (Å²) in [6.07, 6.45) is 0. The van der Waals surface area contributed by atoms with Crippen LogP contribution in [-0.2, 0) is 0 Å².